The summed E-state index contributed by atoms with van der Waals surface area (Å²) in [4.78, 5) is 39.9. The first kappa shape index (κ1) is 20.0. The number of para-hydroxylation sites is 1. The van der Waals surface area contributed by atoms with E-state index in [0.717, 1.165) is 0 Å². The summed E-state index contributed by atoms with van der Waals surface area (Å²) >= 11 is 0. The SMILES string of the molecule is CN(C)CN1C([N+](=O)[O-])=C/C(=C(/C(N)=O)C(=O)c2ccccc2)c2ccccc21. The van der Waals surface area contributed by atoms with Gasteiger partial charge < -0.3 is 15.8 Å². The van der Waals surface area contributed by atoms with Crippen LogP contribution in [0.5, 0.6) is 0 Å². The molecule has 0 fully saturated rings. The van der Waals surface area contributed by atoms with E-state index in [2.05, 4.69) is 0 Å². The normalized spacial score (nSPS) is 14.9. The van der Waals surface area contributed by atoms with E-state index in [0.29, 0.717) is 11.3 Å². The number of rotatable bonds is 6. The lowest BCUT2D eigenvalue weighted by Gasteiger charge is -2.28. The molecule has 3 rings (SSSR count). The second-order valence-electron chi connectivity index (χ2n) is 6.77. The van der Waals surface area contributed by atoms with Crippen molar-refractivity contribution < 1.29 is 14.5 Å². The Kier molecular flexibility index (Phi) is 5.56. The van der Waals surface area contributed by atoms with Crippen LogP contribution in [0.2, 0.25) is 0 Å². The molecule has 1 amide bonds. The summed E-state index contributed by atoms with van der Waals surface area (Å²) in [5.74, 6) is -1.77. The molecule has 8 nitrogen and oxygen atoms in total. The number of ketones is 1. The van der Waals surface area contributed by atoms with Crippen molar-refractivity contribution in [3.05, 3.63) is 93.3 Å². The minimum atomic E-state index is -0.941. The van der Waals surface area contributed by atoms with E-state index in [9.17, 15) is 19.7 Å². The molecule has 0 saturated carbocycles. The fraction of sp³-hybridized carbons (Fsp3) is 0.143. The van der Waals surface area contributed by atoms with Crippen LogP contribution < -0.4 is 10.6 Å². The molecular weight excluding hydrogens is 372 g/mol. The molecule has 0 unspecified atom stereocenters. The van der Waals surface area contributed by atoms with Gasteiger partial charge in [0.15, 0.2) is 5.78 Å². The number of nitrogens with two attached hydrogens (primary N) is 1. The minimum Gasteiger partial charge on any atom is -0.365 e. The van der Waals surface area contributed by atoms with Crippen molar-refractivity contribution in [1.29, 1.82) is 0 Å². The Morgan fingerprint density at radius 1 is 1.07 bits per heavy atom. The zero-order chi connectivity index (χ0) is 21.1. The largest absolute Gasteiger partial charge is 0.365 e. The summed E-state index contributed by atoms with van der Waals surface area (Å²) in [7, 11) is 3.58. The maximum absolute atomic E-state index is 13.1. The molecule has 0 saturated heterocycles. The fourth-order valence-corrected chi connectivity index (χ4v) is 3.24. The topological polar surface area (TPSA) is 110 Å². The summed E-state index contributed by atoms with van der Waals surface area (Å²) in [6, 6.07) is 15.1. The molecule has 0 aliphatic carbocycles. The second kappa shape index (κ2) is 8.07. The van der Waals surface area contributed by atoms with Gasteiger partial charge in [0.1, 0.15) is 12.4 Å². The summed E-state index contributed by atoms with van der Waals surface area (Å²) in [6.45, 7) is 0.246. The zero-order valence-corrected chi connectivity index (χ0v) is 16.0. The van der Waals surface area contributed by atoms with Gasteiger partial charge in [0.2, 0.25) is 0 Å². The molecular formula is C21H20N4O4. The number of Topliss-reactive ketones (excluding diaryl/α,β-unsaturated/α-hetero) is 1. The highest BCUT2D eigenvalue weighted by atomic mass is 16.6. The number of hydrogen-bond donors (Lipinski definition) is 1. The van der Waals surface area contributed by atoms with Gasteiger partial charge >= 0.3 is 5.82 Å². The molecule has 2 aromatic carbocycles. The molecule has 1 heterocycles. The van der Waals surface area contributed by atoms with Gasteiger partial charge in [0.25, 0.3) is 5.91 Å². The Morgan fingerprint density at radius 2 is 1.69 bits per heavy atom. The Balaban J connectivity index is 2.30. The number of allylic oxidation sites excluding steroid dienone is 2. The predicted molar refractivity (Wildman–Crippen MR) is 109 cm³/mol. The molecule has 0 spiro atoms. The van der Waals surface area contributed by atoms with Crippen molar-refractivity contribution in [3.8, 4) is 0 Å². The fourth-order valence-electron chi connectivity index (χ4n) is 3.24. The van der Waals surface area contributed by atoms with Crippen molar-refractivity contribution in [2.24, 2.45) is 5.73 Å². The van der Waals surface area contributed by atoms with Gasteiger partial charge in [0.05, 0.1) is 5.57 Å². The molecule has 1 aliphatic heterocycles. The van der Waals surface area contributed by atoms with Gasteiger partial charge in [-0.1, -0.05) is 48.5 Å². The molecule has 2 aromatic rings. The van der Waals surface area contributed by atoms with Crippen LogP contribution in [-0.4, -0.2) is 42.3 Å². The number of primary amides is 1. The molecule has 0 aromatic heterocycles. The highest BCUT2D eigenvalue weighted by Gasteiger charge is 2.35. The average molecular weight is 392 g/mol. The van der Waals surface area contributed by atoms with Crippen molar-refractivity contribution >= 4 is 23.0 Å². The molecule has 1 aliphatic rings. The van der Waals surface area contributed by atoms with Crippen LogP contribution in [-0.2, 0) is 4.79 Å². The summed E-state index contributed by atoms with van der Waals surface area (Å²) in [5, 5.41) is 11.8. The third-order valence-electron chi connectivity index (χ3n) is 4.43. The first-order valence-corrected chi connectivity index (χ1v) is 8.83. The molecule has 0 bridgehead atoms. The van der Waals surface area contributed by atoms with Crippen molar-refractivity contribution in [3.63, 3.8) is 0 Å². The van der Waals surface area contributed by atoms with Crippen LogP contribution in [0.1, 0.15) is 15.9 Å². The maximum atomic E-state index is 13.1. The summed E-state index contributed by atoms with van der Waals surface area (Å²) in [5.41, 5.74) is 6.74. The van der Waals surface area contributed by atoms with Gasteiger partial charge in [-0.2, -0.15) is 0 Å². The lowest BCUT2D eigenvalue weighted by molar-refractivity contribution is -0.427. The van der Waals surface area contributed by atoms with Gasteiger partial charge in [-0.3, -0.25) is 14.5 Å². The number of nitrogens with zero attached hydrogens (tertiary/aromatic N) is 3. The van der Waals surface area contributed by atoms with E-state index in [1.54, 1.807) is 73.6 Å². The van der Waals surface area contributed by atoms with Crippen LogP contribution in [0.4, 0.5) is 5.69 Å². The standard InChI is InChI=1S/C21H20N4O4/c1-23(2)13-24-17-11-7-6-10-15(17)16(12-18(24)25(28)29)19(21(22)27)20(26)14-8-4-3-5-9-14/h3-12H,13H2,1-2H3,(H2,22,27)/b19-16-. The number of amides is 1. The number of nitro groups is 1. The number of fused-ring (bicyclic) bond motifs is 1. The Labute approximate surface area is 167 Å². The van der Waals surface area contributed by atoms with E-state index in [1.807, 2.05) is 0 Å². The number of carbonyl (C=O) groups is 2. The van der Waals surface area contributed by atoms with E-state index in [4.69, 9.17) is 5.73 Å². The molecule has 2 N–H and O–H groups in total. The quantitative estimate of drug-likeness (QED) is 0.202. The first-order valence-electron chi connectivity index (χ1n) is 8.83. The van der Waals surface area contributed by atoms with Gasteiger partial charge in [-0.15, -0.1) is 0 Å². The number of hydrogen-bond acceptors (Lipinski definition) is 6. The monoisotopic (exact) mass is 392 g/mol. The number of benzene rings is 2. The Morgan fingerprint density at radius 3 is 2.28 bits per heavy atom. The first-order chi connectivity index (χ1) is 13.8. The average Bonchev–Trinajstić information content (AvgIpc) is 2.69. The van der Waals surface area contributed by atoms with E-state index in [1.165, 1.54) is 11.0 Å². The van der Waals surface area contributed by atoms with E-state index in [-0.39, 0.29) is 29.2 Å². The molecule has 29 heavy (non-hydrogen) atoms. The van der Waals surface area contributed by atoms with E-state index < -0.39 is 16.6 Å². The molecule has 8 heteroatoms. The smallest absolute Gasteiger partial charge is 0.325 e. The maximum Gasteiger partial charge on any atom is 0.325 e. The van der Waals surface area contributed by atoms with Crippen molar-refractivity contribution in [2.45, 2.75) is 0 Å². The van der Waals surface area contributed by atoms with Crippen LogP contribution in [0.3, 0.4) is 0 Å². The van der Waals surface area contributed by atoms with Crippen LogP contribution in [0.25, 0.3) is 5.57 Å². The van der Waals surface area contributed by atoms with Crippen LogP contribution >= 0.6 is 0 Å². The van der Waals surface area contributed by atoms with Crippen molar-refractivity contribution in [1.82, 2.24) is 4.90 Å². The summed E-state index contributed by atoms with van der Waals surface area (Å²) < 4.78 is 0. The van der Waals surface area contributed by atoms with Crippen molar-refractivity contribution in [2.75, 3.05) is 25.7 Å². The number of anilines is 1. The highest BCUT2D eigenvalue weighted by molar-refractivity contribution is 6.30. The Hall–Kier alpha value is -3.78. The third-order valence-corrected chi connectivity index (χ3v) is 4.43. The molecule has 148 valence electrons. The van der Waals surface area contributed by atoms with Gasteiger partial charge in [0, 0.05) is 22.8 Å². The summed E-state index contributed by atoms with van der Waals surface area (Å²) in [6.07, 6.45) is 1.24. The number of carbonyl (C=O) groups excluding carboxylic acids is 2. The van der Waals surface area contributed by atoms with E-state index >= 15 is 0 Å². The second-order valence-corrected chi connectivity index (χ2v) is 6.77. The molecule has 0 radical (unpaired) electrons. The lowest BCUT2D eigenvalue weighted by Crippen LogP contribution is -2.38. The third kappa shape index (κ3) is 3.92. The van der Waals surface area contributed by atoms with Gasteiger partial charge in [-0.05, 0) is 25.1 Å². The minimum absolute atomic E-state index is 0.142. The molecule has 0 atom stereocenters. The van der Waals surface area contributed by atoms with Crippen LogP contribution in [0.15, 0.2) is 72.1 Å². The highest BCUT2D eigenvalue weighted by Crippen LogP contribution is 2.38. The lowest BCUT2D eigenvalue weighted by atomic mass is 9.90. The van der Waals surface area contributed by atoms with Gasteiger partial charge in [-0.25, -0.2) is 4.90 Å². The zero-order valence-electron chi connectivity index (χ0n) is 16.0. The Bertz CT molecular complexity index is 1040. The van der Waals surface area contributed by atoms with Crippen LogP contribution in [0, 0.1) is 10.1 Å². The predicted octanol–water partition coefficient (Wildman–Crippen LogP) is 2.27.